The van der Waals surface area contributed by atoms with Crippen molar-refractivity contribution in [3.05, 3.63) is 95.0 Å². The summed E-state index contributed by atoms with van der Waals surface area (Å²) < 4.78 is 5.25. The van der Waals surface area contributed by atoms with Crippen LogP contribution in [0.1, 0.15) is 28.1 Å². The average Bonchev–Trinajstić information content (AvgIpc) is 2.98. The van der Waals surface area contributed by atoms with E-state index < -0.39 is 47.6 Å². The minimum absolute atomic E-state index is 0.198. The zero-order valence-electron chi connectivity index (χ0n) is 22.1. The number of amidine groups is 1. The summed E-state index contributed by atoms with van der Waals surface area (Å²) in [5.41, 5.74) is 1.53. The molecule has 0 aliphatic carbocycles. The predicted molar refractivity (Wildman–Crippen MR) is 158 cm³/mol. The minimum Gasteiger partial charge on any atom is -0.497 e. The summed E-state index contributed by atoms with van der Waals surface area (Å²) in [4.78, 5) is 56.8. The highest BCUT2D eigenvalue weighted by molar-refractivity contribution is 8.14. The van der Waals surface area contributed by atoms with E-state index in [2.05, 4.69) is 15.6 Å². The molecule has 3 amide bonds. The quantitative estimate of drug-likeness (QED) is 0.341. The Morgan fingerprint density at radius 2 is 1.71 bits per heavy atom. The number of hydrogen-bond donors (Lipinski definition) is 3. The Kier molecular flexibility index (Phi) is 9.64. The number of carbonyl (C=O) groups is 4. The summed E-state index contributed by atoms with van der Waals surface area (Å²) in [5.74, 6) is -2.15. The Bertz CT molecular complexity index is 1450. The Morgan fingerprint density at radius 1 is 1.05 bits per heavy atom. The Hall–Kier alpha value is -4.35. The molecule has 212 valence electrons. The molecule has 12 heteroatoms. The van der Waals surface area contributed by atoms with Gasteiger partial charge in [-0.25, -0.2) is 0 Å². The van der Waals surface area contributed by atoms with E-state index in [4.69, 9.17) is 21.4 Å². The van der Waals surface area contributed by atoms with Crippen molar-refractivity contribution in [3.63, 3.8) is 0 Å². The maximum absolute atomic E-state index is 14.2. The lowest BCUT2D eigenvalue weighted by molar-refractivity contribution is -0.141. The third-order valence-corrected chi connectivity index (χ3v) is 7.74. The van der Waals surface area contributed by atoms with Crippen LogP contribution in [0.2, 0.25) is 5.02 Å². The van der Waals surface area contributed by atoms with E-state index in [0.717, 1.165) is 0 Å². The van der Waals surface area contributed by atoms with E-state index >= 15 is 0 Å². The molecule has 3 aromatic rings. The Labute approximate surface area is 245 Å². The number of hydrogen-bond acceptors (Lipinski definition) is 7. The number of benzene rings is 3. The van der Waals surface area contributed by atoms with Gasteiger partial charge in [-0.05, 0) is 61.0 Å². The molecule has 3 N–H and O–H groups in total. The van der Waals surface area contributed by atoms with Gasteiger partial charge < -0.3 is 20.5 Å². The van der Waals surface area contributed by atoms with Gasteiger partial charge in [0.1, 0.15) is 24.4 Å². The van der Waals surface area contributed by atoms with Crippen molar-refractivity contribution >= 4 is 57.9 Å². The summed E-state index contributed by atoms with van der Waals surface area (Å²) in [7, 11) is 1.52. The fourth-order valence-electron chi connectivity index (χ4n) is 4.03. The maximum atomic E-state index is 14.2. The lowest BCUT2D eigenvalue weighted by atomic mass is 10.0. The number of carboxylic acid groups (broad SMARTS) is 1. The number of nitrogens with one attached hydrogen (secondary N) is 2. The number of rotatable bonds is 9. The van der Waals surface area contributed by atoms with Crippen LogP contribution in [0, 0.1) is 0 Å². The summed E-state index contributed by atoms with van der Waals surface area (Å²) in [5, 5.41) is 14.4. The topological polar surface area (TPSA) is 137 Å². The highest BCUT2D eigenvalue weighted by Crippen LogP contribution is 2.41. The van der Waals surface area contributed by atoms with Crippen LogP contribution < -0.4 is 20.3 Å². The molecule has 0 radical (unpaired) electrons. The number of thioether (sulfide) groups is 1. The third-order valence-electron chi connectivity index (χ3n) is 6.17. The number of carbonyl (C=O) groups excluding carboxylic acids is 3. The number of halogens is 1. The van der Waals surface area contributed by atoms with Gasteiger partial charge in [0, 0.05) is 10.6 Å². The molecule has 1 aliphatic heterocycles. The van der Waals surface area contributed by atoms with Crippen molar-refractivity contribution in [2.75, 3.05) is 18.6 Å². The van der Waals surface area contributed by atoms with Gasteiger partial charge in [0.15, 0.2) is 5.17 Å². The first kappa shape index (κ1) is 29.6. The van der Waals surface area contributed by atoms with Gasteiger partial charge in [-0.3, -0.25) is 29.1 Å². The van der Waals surface area contributed by atoms with Crippen molar-refractivity contribution in [1.29, 1.82) is 0 Å². The van der Waals surface area contributed by atoms with Crippen LogP contribution >= 0.6 is 23.4 Å². The van der Waals surface area contributed by atoms with Crippen LogP contribution in [-0.4, -0.2) is 59.7 Å². The largest absolute Gasteiger partial charge is 0.497 e. The number of aliphatic carboxylic acids is 1. The van der Waals surface area contributed by atoms with Crippen LogP contribution in [0.25, 0.3) is 0 Å². The maximum Gasteiger partial charge on any atom is 0.325 e. The summed E-state index contributed by atoms with van der Waals surface area (Å²) in [6, 6.07) is 20.0. The first-order chi connectivity index (χ1) is 19.7. The molecule has 1 unspecified atom stereocenters. The van der Waals surface area contributed by atoms with Crippen LogP contribution in [0.5, 0.6) is 5.75 Å². The molecule has 0 spiro atoms. The number of anilines is 1. The normalized spacial score (nSPS) is 18.5. The van der Waals surface area contributed by atoms with Gasteiger partial charge >= 0.3 is 5.97 Å². The molecule has 1 heterocycles. The number of nitrogens with zero attached hydrogens (tertiary/aromatic N) is 2. The second-order valence-electron chi connectivity index (χ2n) is 9.01. The van der Waals surface area contributed by atoms with E-state index in [9.17, 15) is 19.2 Å². The molecular formula is C29H27ClN4O6S. The number of methoxy groups -OCH3 is 1. The van der Waals surface area contributed by atoms with E-state index in [1.165, 1.54) is 30.7 Å². The monoisotopic (exact) mass is 594 g/mol. The fraction of sp³-hybridized carbons (Fsp3) is 0.207. The van der Waals surface area contributed by atoms with Crippen LogP contribution in [0.3, 0.4) is 0 Å². The van der Waals surface area contributed by atoms with Crippen molar-refractivity contribution in [2.24, 2.45) is 4.99 Å². The number of carboxylic acids is 1. The SMILES string of the molecule is COc1ccc(N2C(=O)[C@@H](NC(=O)c3ccccc3)[C@@H](c3ccc(Cl)cc3)SC2=NCC(=O)NC(C)C(=O)O)cc1. The molecule has 10 nitrogen and oxygen atoms in total. The molecule has 41 heavy (non-hydrogen) atoms. The van der Waals surface area contributed by atoms with Crippen LogP contribution in [0.15, 0.2) is 83.9 Å². The highest BCUT2D eigenvalue weighted by Gasteiger charge is 2.43. The summed E-state index contributed by atoms with van der Waals surface area (Å²) in [6.07, 6.45) is 0. The fourth-order valence-corrected chi connectivity index (χ4v) is 5.43. The van der Waals surface area contributed by atoms with Gasteiger partial charge in [0.2, 0.25) is 5.91 Å². The van der Waals surface area contributed by atoms with Gasteiger partial charge in [0.05, 0.1) is 18.0 Å². The van der Waals surface area contributed by atoms with Gasteiger partial charge in [-0.2, -0.15) is 0 Å². The van der Waals surface area contributed by atoms with Crippen molar-refractivity contribution in [2.45, 2.75) is 24.3 Å². The van der Waals surface area contributed by atoms with Crippen LogP contribution in [0.4, 0.5) is 5.69 Å². The zero-order chi connectivity index (χ0) is 29.5. The third kappa shape index (κ3) is 7.24. The Balaban J connectivity index is 1.74. The van der Waals surface area contributed by atoms with Gasteiger partial charge in [-0.15, -0.1) is 0 Å². The molecule has 1 saturated heterocycles. The first-order valence-corrected chi connectivity index (χ1v) is 13.8. The van der Waals surface area contributed by atoms with Crippen molar-refractivity contribution < 1.29 is 29.0 Å². The lowest BCUT2D eigenvalue weighted by Gasteiger charge is -2.38. The molecule has 4 rings (SSSR count). The second-order valence-corrected chi connectivity index (χ2v) is 10.6. The molecule has 0 saturated carbocycles. The van der Waals surface area contributed by atoms with Crippen molar-refractivity contribution in [1.82, 2.24) is 10.6 Å². The molecule has 1 fully saturated rings. The summed E-state index contributed by atoms with van der Waals surface area (Å²) in [6.45, 7) is 0.917. The average molecular weight is 595 g/mol. The predicted octanol–water partition coefficient (Wildman–Crippen LogP) is 3.91. The standard InChI is InChI=1S/C29H27ClN4O6S/c1-17(28(38)39)32-23(35)16-31-29-34(21-12-14-22(40-2)15-13-21)27(37)24(33-26(36)19-6-4-3-5-7-19)25(41-29)18-8-10-20(30)11-9-18/h3-15,17,24-25H,16H2,1-2H3,(H,32,35)(H,33,36)(H,38,39)/t17?,24-,25+/m0/s1. The molecule has 3 aromatic carbocycles. The highest BCUT2D eigenvalue weighted by atomic mass is 35.5. The smallest absolute Gasteiger partial charge is 0.325 e. The summed E-state index contributed by atoms with van der Waals surface area (Å²) >= 11 is 7.30. The molecule has 0 aromatic heterocycles. The van der Waals surface area contributed by atoms with E-state index in [1.54, 1.807) is 78.9 Å². The van der Waals surface area contributed by atoms with E-state index in [1.807, 2.05) is 0 Å². The molecule has 0 bridgehead atoms. The number of aliphatic imine (C=N–C) groups is 1. The van der Waals surface area contributed by atoms with E-state index in [0.29, 0.717) is 27.6 Å². The molecule has 1 aliphatic rings. The first-order valence-electron chi connectivity index (χ1n) is 12.5. The number of ether oxygens (including phenoxy) is 1. The molecule has 3 atom stereocenters. The lowest BCUT2D eigenvalue weighted by Crippen LogP contribution is -2.56. The second kappa shape index (κ2) is 13.3. The zero-order valence-corrected chi connectivity index (χ0v) is 23.7. The van der Waals surface area contributed by atoms with Gasteiger partial charge in [0.25, 0.3) is 11.8 Å². The van der Waals surface area contributed by atoms with E-state index in [-0.39, 0.29) is 5.17 Å². The number of amides is 3. The van der Waals surface area contributed by atoms with Crippen LogP contribution in [-0.2, 0) is 14.4 Å². The van der Waals surface area contributed by atoms with Crippen molar-refractivity contribution in [3.8, 4) is 5.75 Å². The Morgan fingerprint density at radius 3 is 2.32 bits per heavy atom. The molecular weight excluding hydrogens is 568 g/mol. The minimum atomic E-state index is -1.19. The van der Waals surface area contributed by atoms with Gasteiger partial charge in [-0.1, -0.05) is 53.7 Å².